The first-order chi connectivity index (χ1) is 16.9. The van der Waals surface area contributed by atoms with E-state index in [2.05, 4.69) is 62.2 Å². The number of benzene rings is 2. The quantitative estimate of drug-likeness (QED) is 0.341. The molecule has 0 aromatic heterocycles. The molecule has 0 amide bonds. The van der Waals surface area contributed by atoms with Gasteiger partial charge in [0.05, 0.1) is 11.0 Å². The van der Waals surface area contributed by atoms with Gasteiger partial charge in [0.1, 0.15) is 0 Å². The van der Waals surface area contributed by atoms with Crippen molar-refractivity contribution in [1.29, 1.82) is 0 Å². The fourth-order valence-corrected chi connectivity index (χ4v) is 9.88. The standard InChI is InChI=1S/C24H28F3IN4O2S2/c1-16-11-18(30-5-3-4-6-30)13-20-22(16)29-23-17(2)12-19(14-21(23)35(20)28)31-7-9-32(10-8-31)36(33,34)15-24(25,26)27/h11-14H,3-10,15H2,1-2H3. The van der Waals surface area contributed by atoms with Crippen molar-refractivity contribution >= 4 is 55.9 Å². The highest BCUT2D eigenvalue weighted by atomic mass is 127. The van der Waals surface area contributed by atoms with Crippen LogP contribution in [0.5, 0.6) is 0 Å². The minimum absolute atomic E-state index is 0.0378. The molecule has 36 heavy (non-hydrogen) atoms. The molecule has 2 saturated heterocycles. The van der Waals surface area contributed by atoms with E-state index in [4.69, 9.17) is 4.99 Å². The Morgan fingerprint density at radius 3 is 2.14 bits per heavy atom. The third-order valence-electron chi connectivity index (χ3n) is 6.92. The van der Waals surface area contributed by atoms with Gasteiger partial charge in [0.25, 0.3) is 0 Å². The van der Waals surface area contributed by atoms with E-state index >= 15 is 0 Å². The van der Waals surface area contributed by atoms with E-state index in [1.165, 1.54) is 28.6 Å². The van der Waals surface area contributed by atoms with E-state index in [9.17, 15) is 21.6 Å². The highest BCUT2D eigenvalue weighted by Crippen LogP contribution is 2.48. The second kappa shape index (κ2) is 9.73. The first-order valence-corrected chi connectivity index (χ1v) is 17.3. The van der Waals surface area contributed by atoms with Gasteiger partial charge in [0.2, 0.25) is 10.0 Å². The molecule has 5 rings (SSSR count). The predicted molar refractivity (Wildman–Crippen MR) is 147 cm³/mol. The Kier molecular flexibility index (Phi) is 7.09. The van der Waals surface area contributed by atoms with E-state index in [1.54, 1.807) is 0 Å². The topological polar surface area (TPSA) is 56.2 Å². The van der Waals surface area contributed by atoms with Crippen LogP contribution in [0.4, 0.5) is 30.2 Å². The number of halogens is 4. The molecule has 196 valence electrons. The Hall–Kier alpha value is -1.38. The van der Waals surface area contributed by atoms with Crippen molar-refractivity contribution in [2.24, 2.45) is 4.99 Å². The van der Waals surface area contributed by atoms with Crippen LogP contribution in [0.2, 0.25) is 0 Å². The molecule has 2 fully saturated rings. The summed E-state index contributed by atoms with van der Waals surface area (Å²) in [6.45, 7) is 7.07. The minimum Gasteiger partial charge on any atom is -0.371 e. The average molecular weight is 653 g/mol. The number of sulfonamides is 1. The van der Waals surface area contributed by atoms with Crippen LogP contribution in [0.15, 0.2) is 34.2 Å². The van der Waals surface area contributed by atoms with Crippen LogP contribution >= 0.6 is 28.9 Å². The molecular formula is C24H28F3IN4O2S2. The molecule has 2 aromatic rings. The number of anilines is 2. The summed E-state index contributed by atoms with van der Waals surface area (Å²) in [5, 5.41) is 1.04. The number of hydrogen-bond donors (Lipinski definition) is 0. The summed E-state index contributed by atoms with van der Waals surface area (Å²) in [5.41, 5.74) is 5.40. The van der Waals surface area contributed by atoms with Crippen molar-refractivity contribution in [2.75, 3.05) is 54.8 Å². The Labute approximate surface area is 223 Å². The lowest BCUT2D eigenvalue weighted by atomic mass is 10.1. The van der Waals surface area contributed by atoms with Crippen LogP contribution in [-0.2, 0) is 10.0 Å². The maximum Gasteiger partial charge on any atom is 0.404 e. The van der Waals surface area contributed by atoms with Gasteiger partial charge >= 0.3 is 6.18 Å². The molecule has 0 radical (unpaired) electrons. The normalized spacial score (nSPS) is 20.8. The van der Waals surface area contributed by atoms with Crippen molar-refractivity contribution in [2.45, 2.75) is 37.8 Å². The molecule has 6 nitrogen and oxygen atoms in total. The molecule has 0 spiro atoms. The van der Waals surface area contributed by atoms with Gasteiger partial charge in [-0.1, -0.05) is 7.66 Å². The van der Waals surface area contributed by atoms with Gasteiger partial charge in [0, 0.05) is 60.0 Å². The van der Waals surface area contributed by atoms with Crippen molar-refractivity contribution in [3.8, 4) is 0 Å². The van der Waals surface area contributed by atoms with Crippen LogP contribution in [0, 0.1) is 18.4 Å². The Morgan fingerprint density at radius 2 is 1.50 bits per heavy atom. The Balaban J connectivity index is 1.45. The number of nitrogens with zero attached hydrogens (tertiary/aromatic N) is 4. The second-order valence-electron chi connectivity index (χ2n) is 9.54. The molecule has 0 bridgehead atoms. The predicted octanol–water partition coefficient (Wildman–Crippen LogP) is 5.11. The summed E-state index contributed by atoms with van der Waals surface area (Å²) in [7, 11) is -4.59. The van der Waals surface area contributed by atoms with Gasteiger partial charge in [-0.05, 0) is 83.3 Å². The molecule has 3 heterocycles. The summed E-state index contributed by atoms with van der Waals surface area (Å²) in [6.07, 6.45) is -2.31. The summed E-state index contributed by atoms with van der Waals surface area (Å²) in [6, 6.07) is 8.70. The van der Waals surface area contributed by atoms with Crippen molar-refractivity contribution in [1.82, 2.24) is 4.31 Å². The zero-order chi connectivity index (χ0) is 25.8. The SMILES string of the molecule is Cc1cc(N2CCN(S(=O)(=O)CC(F)(F)F)CC2)cc2c1N=c1c(C)cc(N3CCCC3)cc1=S2I. The van der Waals surface area contributed by atoms with Gasteiger partial charge in [-0.25, -0.2) is 13.4 Å². The van der Waals surface area contributed by atoms with E-state index in [-0.39, 0.29) is 20.7 Å². The number of rotatable bonds is 4. The molecule has 0 saturated carbocycles. The van der Waals surface area contributed by atoms with E-state index < -0.39 is 22.0 Å². The molecule has 3 aliphatic heterocycles. The number of fused-ring (bicyclic) bond motifs is 2. The lowest BCUT2D eigenvalue weighted by Gasteiger charge is -2.36. The monoisotopic (exact) mass is 652 g/mol. The van der Waals surface area contributed by atoms with Crippen LogP contribution < -0.4 is 15.2 Å². The highest BCUT2D eigenvalue weighted by Gasteiger charge is 2.39. The molecule has 2 aromatic carbocycles. The maximum atomic E-state index is 12.7. The van der Waals surface area contributed by atoms with Gasteiger partial charge in [-0.2, -0.15) is 17.5 Å². The average Bonchev–Trinajstić information content (AvgIpc) is 3.34. The van der Waals surface area contributed by atoms with Crippen LogP contribution in [0.1, 0.15) is 24.0 Å². The zero-order valence-corrected chi connectivity index (χ0v) is 23.9. The highest BCUT2D eigenvalue weighted by molar-refractivity contribution is 14.2. The second-order valence-corrected chi connectivity index (χ2v) is 15.5. The fraction of sp³-hybridized carbons (Fsp3) is 0.500. The Morgan fingerprint density at radius 1 is 0.917 bits per heavy atom. The fourth-order valence-electron chi connectivity index (χ4n) is 5.11. The molecular weight excluding hydrogens is 624 g/mol. The maximum absolute atomic E-state index is 12.7. The first-order valence-electron chi connectivity index (χ1n) is 11.9. The number of hydrogen-bond acceptors (Lipinski definition) is 5. The molecule has 3 aliphatic rings. The summed E-state index contributed by atoms with van der Waals surface area (Å²) < 4.78 is 64.6. The van der Waals surface area contributed by atoms with Crippen molar-refractivity contribution in [3.63, 3.8) is 0 Å². The third kappa shape index (κ3) is 5.14. The number of alkyl halides is 3. The van der Waals surface area contributed by atoms with Crippen molar-refractivity contribution < 1.29 is 21.6 Å². The van der Waals surface area contributed by atoms with Crippen LogP contribution in [0.25, 0.3) is 0 Å². The van der Waals surface area contributed by atoms with Gasteiger partial charge in [0.15, 0.2) is 5.75 Å². The van der Waals surface area contributed by atoms with Gasteiger partial charge < -0.3 is 9.80 Å². The third-order valence-corrected chi connectivity index (χ3v) is 13.0. The largest absolute Gasteiger partial charge is 0.404 e. The number of aryl methyl sites for hydroxylation is 2. The van der Waals surface area contributed by atoms with E-state index in [0.29, 0.717) is 13.1 Å². The molecule has 1 unspecified atom stereocenters. The van der Waals surface area contributed by atoms with Crippen LogP contribution in [-0.4, -0.2) is 63.9 Å². The van der Waals surface area contributed by atoms with Gasteiger partial charge in [-0.15, -0.1) is 0 Å². The smallest absolute Gasteiger partial charge is 0.371 e. The number of piperazine rings is 1. The summed E-state index contributed by atoms with van der Waals surface area (Å²) >= 11 is 2.50. The first kappa shape index (κ1) is 26.2. The minimum atomic E-state index is -4.74. The summed E-state index contributed by atoms with van der Waals surface area (Å²) in [5.74, 6) is -1.81. The molecule has 0 aliphatic carbocycles. The van der Waals surface area contributed by atoms with Gasteiger partial charge in [-0.3, -0.25) is 0 Å². The van der Waals surface area contributed by atoms with E-state index in [1.807, 2.05) is 6.92 Å². The lowest BCUT2D eigenvalue weighted by molar-refractivity contribution is -0.107. The Bertz CT molecular complexity index is 1430. The van der Waals surface area contributed by atoms with Crippen molar-refractivity contribution in [3.05, 3.63) is 45.3 Å². The molecule has 12 heteroatoms. The molecule has 0 N–H and O–H groups in total. The zero-order valence-electron chi connectivity index (χ0n) is 20.1. The lowest BCUT2D eigenvalue weighted by Crippen LogP contribution is -2.50. The molecule has 1 atom stereocenters. The van der Waals surface area contributed by atoms with Crippen LogP contribution in [0.3, 0.4) is 0 Å². The van der Waals surface area contributed by atoms with E-state index in [0.717, 1.165) is 44.6 Å². The summed E-state index contributed by atoms with van der Waals surface area (Å²) in [4.78, 5) is 10.7.